The lowest BCUT2D eigenvalue weighted by molar-refractivity contribution is 0.112. The summed E-state index contributed by atoms with van der Waals surface area (Å²) in [7, 11) is 1.36. The molecule has 0 aliphatic carbocycles. The average molecular weight is 245 g/mol. The fraction of sp³-hybridized carbons (Fsp3) is 1.00. The van der Waals surface area contributed by atoms with Crippen LogP contribution in [0.3, 0.4) is 0 Å². The van der Waals surface area contributed by atoms with Crippen LogP contribution in [0.2, 0.25) is 5.04 Å². The second-order valence-corrected chi connectivity index (χ2v) is 10.0. The number of nitrogens with zero attached hydrogens (tertiary/aromatic N) is 1. The second kappa shape index (κ2) is 5.17. The lowest BCUT2D eigenvalue weighted by atomic mass is 10.0. The topological polar surface area (TPSA) is 21.7 Å². The molecule has 1 saturated heterocycles. The van der Waals surface area contributed by atoms with Crippen molar-refractivity contribution in [3.8, 4) is 0 Å². The van der Waals surface area contributed by atoms with Crippen LogP contribution < -0.4 is 0 Å². The van der Waals surface area contributed by atoms with Crippen molar-refractivity contribution in [2.24, 2.45) is 5.92 Å². The average Bonchev–Trinajstić information content (AvgIpc) is 2.18. The molecular weight excluding hydrogens is 218 g/mol. The van der Waals surface area contributed by atoms with E-state index in [1.165, 1.54) is 12.8 Å². The highest BCUT2D eigenvalue weighted by molar-refractivity contribution is 6.67. The quantitative estimate of drug-likeness (QED) is 0.714. The van der Waals surface area contributed by atoms with Gasteiger partial charge < -0.3 is 8.85 Å². The van der Waals surface area contributed by atoms with Gasteiger partial charge in [-0.15, -0.1) is 0 Å². The van der Waals surface area contributed by atoms with Gasteiger partial charge in [0.2, 0.25) is 0 Å². The van der Waals surface area contributed by atoms with Crippen LogP contribution in [-0.2, 0) is 8.85 Å². The molecule has 1 heterocycles. The van der Waals surface area contributed by atoms with E-state index in [0.29, 0.717) is 0 Å². The van der Waals surface area contributed by atoms with E-state index in [-0.39, 0.29) is 5.04 Å². The van der Waals surface area contributed by atoms with Gasteiger partial charge in [-0.3, -0.25) is 4.57 Å². The van der Waals surface area contributed by atoms with Crippen LogP contribution in [0, 0.1) is 5.92 Å². The molecular formula is C12H27NO2Si. The van der Waals surface area contributed by atoms with E-state index in [1.54, 1.807) is 14.2 Å². The Morgan fingerprint density at radius 3 is 2.12 bits per heavy atom. The maximum absolute atomic E-state index is 5.88. The Balaban J connectivity index is 2.92. The van der Waals surface area contributed by atoms with Gasteiger partial charge in [0.05, 0.1) is 0 Å². The number of rotatable bonds is 3. The van der Waals surface area contributed by atoms with Crippen LogP contribution in [-0.4, -0.2) is 40.6 Å². The first-order valence-electron chi connectivity index (χ1n) is 6.22. The lowest BCUT2D eigenvalue weighted by Crippen LogP contribution is -2.65. The Hall–Kier alpha value is 0.0969. The summed E-state index contributed by atoms with van der Waals surface area (Å²) in [5, 5.41) is 0.0769. The Kier molecular flexibility index (Phi) is 4.57. The largest absolute Gasteiger partial charge is 0.432 e. The predicted octanol–water partition coefficient (Wildman–Crippen LogP) is 2.75. The Morgan fingerprint density at radius 1 is 1.19 bits per heavy atom. The monoisotopic (exact) mass is 245 g/mol. The van der Waals surface area contributed by atoms with Gasteiger partial charge >= 0.3 is 8.72 Å². The van der Waals surface area contributed by atoms with Crippen LogP contribution in [0.25, 0.3) is 0 Å². The van der Waals surface area contributed by atoms with E-state index in [1.807, 2.05) is 0 Å². The van der Waals surface area contributed by atoms with E-state index in [0.717, 1.165) is 19.0 Å². The van der Waals surface area contributed by atoms with E-state index >= 15 is 0 Å². The highest BCUT2D eigenvalue weighted by Gasteiger charge is 2.54. The van der Waals surface area contributed by atoms with Gasteiger partial charge in [0.1, 0.15) is 0 Å². The molecule has 0 radical (unpaired) electrons. The third kappa shape index (κ3) is 2.50. The van der Waals surface area contributed by atoms with Crippen molar-refractivity contribution < 1.29 is 8.85 Å². The molecule has 1 aliphatic rings. The highest BCUT2D eigenvalue weighted by atomic mass is 28.4. The van der Waals surface area contributed by atoms with Gasteiger partial charge in [0.15, 0.2) is 0 Å². The van der Waals surface area contributed by atoms with Crippen molar-refractivity contribution in [2.75, 3.05) is 27.3 Å². The first-order valence-corrected chi connectivity index (χ1v) is 7.99. The fourth-order valence-corrected chi connectivity index (χ4v) is 6.75. The smallest absolute Gasteiger partial charge is 0.386 e. The van der Waals surface area contributed by atoms with Gasteiger partial charge in [-0.05, 0) is 31.8 Å². The molecule has 0 aromatic carbocycles. The summed E-state index contributed by atoms with van der Waals surface area (Å²) in [6.07, 6.45) is 2.59. The molecule has 0 bridgehead atoms. The summed E-state index contributed by atoms with van der Waals surface area (Å²) in [4.78, 5) is 0. The van der Waals surface area contributed by atoms with Gasteiger partial charge in [-0.1, -0.05) is 27.7 Å². The summed E-state index contributed by atoms with van der Waals surface area (Å²) in [5.41, 5.74) is 0. The minimum atomic E-state index is -2.25. The minimum Gasteiger partial charge on any atom is -0.386 e. The minimum absolute atomic E-state index is 0.0769. The number of hydrogen-bond donors (Lipinski definition) is 0. The van der Waals surface area contributed by atoms with Crippen LogP contribution in [0.4, 0.5) is 0 Å². The maximum Gasteiger partial charge on any atom is 0.432 e. The van der Waals surface area contributed by atoms with Crippen LogP contribution in [0.1, 0.15) is 40.5 Å². The van der Waals surface area contributed by atoms with Gasteiger partial charge in [0.25, 0.3) is 0 Å². The van der Waals surface area contributed by atoms with Crippen molar-refractivity contribution in [3.05, 3.63) is 0 Å². The summed E-state index contributed by atoms with van der Waals surface area (Å²) in [6, 6.07) is 0. The van der Waals surface area contributed by atoms with E-state index < -0.39 is 8.72 Å². The van der Waals surface area contributed by atoms with Crippen molar-refractivity contribution >= 4 is 8.72 Å². The molecule has 0 saturated carbocycles. The lowest BCUT2D eigenvalue weighted by Gasteiger charge is -2.48. The molecule has 1 aliphatic heterocycles. The molecule has 0 aromatic heterocycles. The molecule has 0 aromatic rings. The molecule has 1 atom stereocenters. The maximum atomic E-state index is 5.88. The molecule has 3 nitrogen and oxygen atoms in total. The van der Waals surface area contributed by atoms with E-state index in [9.17, 15) is 0 Å². The van der Waals surface area contributed by atoms with Crippen molar-refractivity contribution in [1.82, 2.24) is 4.57 Å². The second-order valence-electron chi connectivity index (χ2n) is 5.93. The van der Waals surface area contributed by atoms with E-state index in [4.69, 9.17) is 8.85 Å². The first kappa shape index (κ1) is 14.2. The SMILES string of the molecule is CO[Si](OC)(N1CCCC(C)C1)C(C)(C)C. The van der Waals surface area contributed by atoms with Gasteiger partial charge in [-0.25, -0.2) is 0 Å². The molecule has 1 unspecified atom stereocenters. The van der Waals surface area contributed by atoms with Crippen LogP contribution in [0.5, 0.6) is 0 Å². The first-order chi connectivity index (χ1) is 7.37. The Bertz CT molecular complexity index is 224. The fourth-order valence-electron chi connectivity index (χ4n) is 2.89. The van der Waals surface area contributed by atoms with Gasteiger partial charge in [-0.2, -0.15) is 0 Å². The van der Waals surface area contributed by atoms with Crippen LogP contribution in [0.15, 0.2) is 0 Å². The molecule has 0 N–H and O–H groups in total. The van der Waals surface area contributed by atoms with Gasteiger partial charge in [0, 0.05) is 19.3 Å². The zero-order valence-electron chi connectivity index (χ0n) is 11.7. The molecule has 16 heavy (non-hydrogen) atoms. The summed E-state index contributed by atoms with van der Waals surface area (Å²) >= 11 is 0. The van der Waals surface area contributed by atoms with E-state index in [2.05, 4.69) is 32.3 Å². The van der Waals surface area contributed by atoms with Crippen molar-refractivity contribution in [1.29, 1.82) is 0 Å². The standard InChI is InChI=1S/C12H27NO2Si/c1-11-8-7-9-13(10-11)16(14-5,15-6)12(2,3)4/h11H,7-10H2,1-6H3. The molecule has 96 valence electrons. The third-order valence-corrected chi connectivity index (χ3v) is 7.82. The molecule has 1 fully saturated rings. The zero-order chi connectivity index (χ0) is 12.4. The summed E-state index contributed by atoms with van der Waals surface area (Å²) in [5.74, 6) is 0.758. The number of piperidine rings is 1. The molecule has 0 amide bonds. The Morgan fingerprint density at radius 2 is 1.75 bits per heavy atom. The normalized spacial score (nSPS) is 24.8. The third-order valence-electron chi connectivity index (χ3n) is 3.57. The summed E-state index contributed by atoms with van der Waals surface area (Å²) in [6.45, 7) is 11.2. The van der Waals surface area contributed by atoms with Crippen molar-refractivity contribution in [2.45, 2.75) is 45.6 Å². The molecule has 1 rings (SSSR count). The zero-order valence-corrected chi connectivity index (χ0v) is 12.7. The van der Waals surface area contributed by atoms with Crippen molar-refractivity contribution in [3.63, 3.8) is 0 Å². The summed E-state index contributed by atoms with van der Waals surface area (Å²) < 4.78 is 14.3. The highest BCUT2D eigenvalue weighted by Crippen LogP contribution is 2.40. The Labute approximate surface area is 101 Å². The predicted molar refractivity (Wildman–Crippen MR) is 69.5 cm³/mol. The molecule has 0 spiro atoms. The molecule has 4 heteroatoms. The van der Waals surface area contributed by atoms with Crippen LogP contribution >= 0.6 is 0 Å². The number of hydrogen-bond acceptors (Lipinski definition) is 3.